The van der Waals surface area contributed by atoms with Gasteiger partial charge in [-0.05, 0) is 35.1 Å². The molecule has 0 aliphatic carbocycles. The summed E-state index contributed by atoms with van der Waals surface area (Å²) in [4.78, 5) is 22.8. The number of rotatable bonds is 4. The molecule has 138 valence electrons. The smallest absolute Gasteiger partial charge is 0.153 e. The van der Waals surface area contributed by atoms with Crippen LogP contribution in [0.15, 0.2) is 30.3 Å². The molecule has 2 aromatic rings. The molecule has 0 aliphatic rings. The van der Waals surface area contributed by atoms with Crippen molar-refractivity contribution in [3.8, 4) is 17.2 Å². The van der Waals surface area contributed by atoms with Gasteiger partial charge in [0.2, 0.25) is 0 Å². The number of benzene rings is 2. The Morgan fingerprint density at radius 2 is 1.38 bits per heavy atom. The number of hydrogen-bond acceptors (Lipinski definition) is 4. The summed E-state index contributed by atoms with van der Waals surface area (Å²) in [6.45, 7) is 12.2. The standard InChI is InChI=1S/C22H26O4/c1-21(2,3)17-9-14(12-23)10-18(22(4,5)6)20(17)26-19-11-16(25)8-7-15(19)13-24/h7-13,25H,1-6H3. The van der Waals surface area contributed by atoms with Crippen molar-refractivity contribution in [3.63, 3.8) is 0 Å². The number of carbonyl (C=O) groups is 2. The lowest BCUT2D eigenvalue weighted by Crippen LogP contribution is -2.19. The molecule has 0 unspecified atom stereocenters. The third kappa shape index (κ3) is 4.13. The second-order valence-electron chi connectivity index (χ2n) is 8.51. The van der Waals surface area contributed by atoms with Gasteiger partial charge in [0.1, 0.15) is 23.5 Å². The third-order valence-corrected chi connectivity index (χ3v) is 4.20. The maximum absolute atomic E-state index is 11.5. The van der Waals surface area contributed by atoms with E-state index in [1.165, 1.54) is 18.2 Å². The predicted molar refractivity (Wildman–Crippen MR) is 103 cm³/mol. The molecule has 0 aromatic heterocycles. The van der Waals surface area contributed by atoms with E-state index >= 15 is 0 Å². The summed E-state index contributed by atoms with van der Waals surface area (Å²) in [5, 5.41) is 9.81. The molecule has 0 heterocycles. The molecule has 0 saturated heterocycles. The van der Waals surface area contributed by atoms with Gasteiger partial charge in [0, 0.05) is 22.8 Å². The van der Waals surface area contributed by atoms with E-state index in [-0.39, 0.29) is 22.3 Å². The number of phenolic OH excluding ortho intramolecular Hbond substituents is 1. The van der Waals surface area contributed by atoms with E-state index in [1.54, 1.807) is 0 Å². The number of aromatic hydroxyl groups is 1. The first-order valence-electron chi connectivity index (χ1n) is 8.57. The molecule has 0 aliphatic heterocycles. The first-order valence-corrected chi connectivity index (χ1v) is 8.57. The van der Waals surface area contributed by atoms with Crippen LogP contribution in [0.1, 0.15) is 73.4 Å². The molecular formula is C22H26O4. The quantitative estimate of drug-likeness (QED) is 0.746. The van der Waals surface area contributed by atoms with Gasteiger partial charge in [-0.2, -0.15) is 0 Å². The van der Waals surface area contributed by atoms with Crippen molar-refractivity contribution < 1.29 is 19.4 Å². The van der Waals surface area contributed by atoms with E-state index in [1.807, 2.05) is 53.7 Å². The van der Waals surface area contributed by atoms with Crippen LogP contribution in [0.3, 0.4) is 0 Å². The monoisotopic (exact) mass is 354 g/mol. The Balaban J connectivity index is 2.79. The van der Waals surface area contributed by atoms with Crippen LogP contribution >= 0.6 is 0 Å². The Morgan fingerprint density at radius 3 is 1.81 bits per heavy atom. The molecule has 0 fully saturated rings. The number of aldehydes is 2. The van der Waals surface area contributed by atoms with Crippen LogP contribution in [0.2, 0.25) is 0 Å². The number of carbonyl (C=O) groups excluding carboxylic acids is 2. The first kappa shape index (κ1) is 19.7. The minimum absolute atomic E-state index is 0.0183. The van der Waals surface area contributed by atoms with Crippen molar-refractivity contribution in [3.05, 3.63) is 52.6 Å². The summed E-state index contributed by atoms with van der Waals surface area (Å²) in [6, 6.07) is 8.03. The van der Waals surface area contributed by atoms with Gasteiger partial charge >= 0.3 is 0 Å². The van der Waals surface area contributed by atoms with Crippen molar-refractivity contribution in [2.24, 2.45) is 0 Å². The van der Waals surface area contributed by atoms with Crippen molar-refractivity contribution in [2.45, 2.75) is 52.4 Å². The van der Waals surface area contributed by atoms with Gasteiger partial charge in [-0.15, -0.1) is 0 Å². The minimum Gasteiger partial charge on any atom is -0.508 e. The molecular weight excluding hydrogens is 328 g/mol. The summed E-state index contributed by atoms with van der Waals surface area (Å²) in [6.07, 6.45) is 1.53. The zero-order chi connectivity index (χ0) is 19.7. The second-order valence-corrected chi connectivity index (χ2v) is 8.51. The SMILES string of the molecule is CC(C)(C)c1cc(C=O)cc(C(C)(C)C)c1Oc1cc(O)ccc1C=O. The van der Waals surface area contributed by atoms with Crippen LogP contribution in [-0.2, 0) is 10.8 Å². The predicted octanol–water partition coefficient (Wildman–Crippen LogP) is 5.40. The van der Waals surface area contributed by atoms with E-state index < -0.39 is 0 Å². The highest BCUT2D eigenvalue weighted by molar-refractivity contribution is 5.81. The molecule has 26 heavy (non-hydrogen) atoms. The van der Waals surface area contributed by atoms with E-state index in [2.05, 4.69) is 0 Å². The van der Waals surface area contributed by atoms with Crippen LogP contribution < -0.4 is 4.74 Å². The lowest BCUT2D eigenvalue weighted by Gasteiger charge is -2.30. The van der Waals surface area contributed by atoms with Gasteiger partial charge < -0.3 is 9.84 Å². The molecule has 0 saturated carbocycles. The van der Waals surface area contributed by atoms with E-state index in [9.17, 15) is 14.7 Å². The normalized spacial score (nSPS) is 11.9. The second kappa shape index (κ2) is 6.94. The zero-order valence-electron chi connectivity index (χ0n) is 16.2. The number of hydrogen-bond donors (Lipinski definition) is 1. The Kier molecular flexibility index (Phi) is 5.26. The van der Waals surface area contributed by atoms with Gasteiger partial charge in [-0.25, -0.2) is 0 Å². The van der Waals surface area contributed by atoms with Crippen LogP contribution in [0.4, 0.5) is 0 Å². The highest BCUT2D eigenvalue weighted by atomic mass is 16.5. The number of phenols is 1. The van der Waals surface area contributed by atoms with Gasteiger partial charge in [0.25, 0.3) is 0 Å². The summed E-state index contributed by atoms with van der Waals surface area (Å²) >= 11 is 0. The van der Waals surface area contributed by atoms with Gasteiger partial charge in [0.05, 0.1) is 5.56 Å². The fraction of sp³-hybridized carbons (Fsp3) is 0.364. The average molecular weight is 354 g/mol. The summed E-state index contributed by atoms with van der Waals surface area (Å²) in [7, 11) is 0. The molecule has 0 bridgehead atoms. The highest BCUT2D eigenvalue weighted by Crippen LogP contribution is 2.43. The Labute approximate surface area is 154 Å². The van der Waals surface area contributed by atoms with Crippen LogP contribution in [0.5, 0.6) is 17.2 Å². The largest absolute Gasteiger partial charge is 0.508 e. The maximum Gasteiger partial charge on any atom is 0.153 e. The molecule has 0 radical (unpaired) electrons. The molecule has 2 aromatic carbocycles. The van der Waals surface area contributed by atoms with Crippen LogP contribution in [-0.4, -0.2) is 17.7 Å². The highest BCUT2D eigenvalue weighted by Gasteiger charge is 2.28. The van der Waals surface area contributed by atoms with Gasteiger partial charge in [-0.3, -0.25) is 9.59 Å². The first-order chi connectivity index (χ1) is 12.0. The topological polar surface area (TPSA) is 63.6 Å². The fourth-order valence-corrected chi connectivity index (χ4v) is 2.76. The average Bonchev–Trinajstić information content (AvgIpc) is 2.53. The molecule has 0 atom stereocenters. The molecule has 0 amide bonds. The number of ether oxygens (including phenoxy) is 1. The Bertz CT molecular complexity index is 801. The van der Waals surface area contributed by atoms with Crippen molar-refractivity contribution in [1.82, 2.24) is 0 Å². The zero-order valence-corrected chi connectivity index (χ0v) is 16.2. The molecule has 4 heteroatoms. The summed E-state index contributed by atoms with van der Waals surface area (Å²) in [5.74, 6) is 0.920. The molecule has 4 nitrogen and oxygen atoms in total. The Morgan fingerprint density at radius 1 is 0.846 bits per heavy atom. The van der Waals surface area contributed by atoms with E-state index in [4.69, 9.17) is 4.74 Å². The van der Waals surface area contributed by atoms with Gasteiger partial charge in [0.15, 0.2) is 6.29 Å². The van der Waals surface area contributed by atoms with Crippen molar-refractivity contribution in [2.75, 3.05) is 0 Å². The molecule has 1 N–H and O–H groups in total. The van der Waals surface area contributed by atoms with Crippen molar-refractivity contribution in [1.29, 1.82) is 0 Å². The lowest BCUT2D eigenvalue weighted by atomic mass is 9.78. The van der Waals surface area contributed by atoms with Crippen molar-refractivity contribution >= 4 is 12.6 Å². The summed E-state index contributed by atoms with van der Waals surface area (Å²) in [5.41, 5.74) is 2.10. The van der Waals surface area contributed by atoms with E-state index in [0.29, 0.717) is 23.2 Å². The van der Waals surface area contributed by atoms with E-state index in [0.717, 1.165) is 17.4 Å². The molecule has 0 spiro atoms. The van der Waals surface area contributed by atoms with Crippen LogP contribution in [0.25, 0.3) is 0 Å². The van der Waals surface area contributed by atoms with Crippen LogP contribution in [0, 0.1) is 0 Å². The maximum atomic E-state index is 11.5. The Hall–Kier alpha value is -2.62. The fourth-order valence-electron chi connectivity index (χ4n) is 2.76. The minimum atomic E-state index is -0.285. The van der Waals surface area contributed by atoms with Gasteiger partial charge in [-0.1, -0.05) is 41.5 Å². The third-order valence-electron chi connectivity index (χ3n) is 4.20. The molecule has 2 rings (SSSR count). The lowest BCUT2D eigenvalue weighted by molar-refractivity contribution is 0.111. The summed E-state index contributed by atoms with van der Waals surface area (Å²) < 4.78 is 6.19.